The number of hydrogen-bond donors (Lipinski definition) is 0. The number of carbonyl (C=O) groups is 2. The van der Waals surface area contributed by atoms with E-state index in [9.17, 15) is 9.59 Å². The van der Waals surface area contributed by atoms with Crippen molar-refractivity contribution in [3.8, 4) is 5.75 Å². The fourth-order valence-electron chi connectivity index (χ4n) is 2.24. The topological polar surface area (TPSA) is 56.3 Å². The van der Waals surface area contributed by atoms with Crippen molar-refractivity contribution in [2.24, 2.45) is 0 Å². The van der Waals surface area contributed by atoms with Crippen LogP contribution >= 0.6 is 11.3 Å². The molecule has 1 aliphatic rings. The second kappa shape index (κ2) is 4.68. The zero-order valence-electron chi connectivity index (χ0n) is 11.0. The molecule has 0 N–H and O–H groups in total. The standard InChI is InChI=1S/C15H11NO3S/c1-8-15(16-7-20-8)13-6-14(18)12-5-10(19-9(2)17)3-4-11(12)13/h3-7H,1-2H3. The summed E-state index contributed by atoms with van der Waals surface area (Å²) in [4.78, 5) is 28.4. The first-order valence-electron chi connectivity index (χ1n) is 6.05. The highest BCUT2D eigenvalue weighted by Gasteiger charge is 2.25. The van der Waals surface area contributed by atoms with Gasteiger partial charge in [0, 0.05) is 22.9 Å². The van der Waals surface area contributed by atoms with Crippen molar-refractivity contribution in [3.05, 3.63) is 51.5 Å². The highest BCUT2D eigenvalue weighted by molar-refractivity contribution is 7.09. The van der Waals surface area contributed by atoms with E-state index in [1.165, 1.54) is 6.92 Å². The smallest absolute Gasteiger partial charge is 0.308 e. The van der Waals surface area contributed by atoms with Gasteiger partial charge in [0.1, 0.15) is 5.75 Å². The number of aromatic nitrogens is 1. The Morgan fingerprint density at radius 1 is 1.30 bits per heavy atom. The number of hydrogen-bond acceptors (Lipinski definition) is 5. The summed E-state index contributed by atoms with van der Waals surface area (Å²) in [5, 5.41) is 0. The average molecular weight is 285 g/mol. The molecule has 0 spiro atoms. The fourth-order valence-corrected chi connectivity index (χ4v) is 2.83. The molecule has 1 aliphatic carbocycles. The van der Waals surface area contributed by atoms with Crippen LogP contribution in [0.3, 0.4) is 0 Å². The number of benzene rings is 1. The molecular formula is C15H11NO3S. The predicted molar refractivity (Wildman–Crippen MR) is 76.0 cm³/mol. The van der Waals surface area contributed by atoms with E-state index in [2.05, 4.69) is 4.98 Å². The van der Waals surface area contributed by atoms with Gasteiger partial charge >= 0.3 is 5.97 Å². The minimum absolute atomic E-state index is 0.0867. The van der Waals surface area contributed by atoms with E-state index in [0.717, 1.165) is 21.7 Å². The Morgan fingerprint density at radius 2 is 2.10 bits per heavy atom. The second-order valence-corrected chi connectivity index (χ2v) is 5.54. The van der Waals surface area contributed by atoms with Crippen molar-refractivity contribution in [3.63, 3.8) is 0 Å². The average Bonchev–Trinajstić information content (AvgIpc) is 2.93. The minimum Gasteiger partial charge on any atom is -0.427 e. The summed E-state index contributed by atoms with van der Waals surface area (Å²) in [7, 11) is 0. The molecule has 0 amide bonds. The lowest BCUT2D eigenvalue weighted by molar-refractivity contribution is -0.131. The predicted octanol–water partition coefficient (Wildman–Crippen LogP) is 3.00. The van der Waals surface area contributed by atoms with Crippen molar-refractivity contribution in [2.75, 3.05) is 0 Å². The van der Waals surface area contributed by atoms with E-state index in [1.807, 2.05) is 6.92 Å². The number of esters is 1. The van der Waals surface area contributed by atoms with Crippen LogP contribution in [-0.2, 0) is 4.79 Å². The van der Waals surface area contributed by atoms with Gasteiger partial charge in [-0.25, -0.2) is 4.98 Å². The molecule has 0 bridgehead atoms. The SMILES string of the molecule is CC(=O)Oc1ccc2c(c1)C(=O)C=C2c1ncsc1C. The second-order valence-electron chi connectivity index (χ2n) is 4.48. The molecule has 0 radical (unpaired) electrons. The van der Waals surface area contributed by atoms with Crippen LogP contribution in [0.4, 0.5) is 0 Å². The minimum atomic E-state index is -0.404. The maximum atomic E-state index is 12.1. The number of ether oxygens (including phenoxy) is 1. The van der Waals surface area contributed by atoms with Gasteiger partial charge in [-0.1, -0.05) is 0 Å². The van der Waals surface area contributed by atoms with Crippen LogP contribution in [-0.4, -0.2) is 16.7 Å². The summed E-state index contributed by atoms with van der Waals surface area (Å²) in [5.41, 5.74) is 4.81. The van der Waals surface area contributed by atoms with Crippen LogP contribution in [0.5, 0.6) is 5.75 Å². The Bertz CT molecular complexity index is 758. The van der Waals surface area contributed by atoms with Crippen molar-refractivity contribution < 1.29 is 14.3 Å². The lowest BCUT2D eigenvalue weighted by Crippen LogP contribution is -2.02. The Kier molecular flexibility index (Phi) is 2.99. The molecule has 20 heavy (non-hydrogen) atoms. The van der Waals surface area contributed by atoms with E-state index in [-0.39, 0.29) is 5.78 Å². The Morgan fingerprint density at radius 3 is 2.75 bits per heavy atom. The van der Waals surface area contributed by atoms with E-state index in [1.54, 1.807) is 41.1 Å². The lowest BCUT2D eigenvalue weighted by Gasteiger charge is -2.06. The Hall–Kier alpha value is -2.27. The molecule has 100 valence electrons. The Balaban J connectivity index is 2.06. The summed E-state index contributed by atoms with van der Waals surface area (Å²) < 4.78 is 5.01. The van der Waals surface area contributed by atoms with Crippen LogP contribution < -0.4 is 4.74 Å². The first-order valence-corrected chi connectivity index (χ1v) is 6.93. The van der Waals surface area contributed by atoms with Crippen LogP contribution in [0.25, 0.3) is 5.57 Å². The summed E-state index contributed by atoms with van der Waals surface area (Å²) >= 11 is 1.55. The molecule has 5 heteroatoms. The van der Waals surface area contributed by atoms with Crippen molar-refractivity contribution in [1.82, 2.24) is 4.98 Å². The zero-order chi connectivity index (χ0) is 14.3. The maximum Gasteiger partial charge on any atom is 0.308 e. The van der Waals surface area contributed by atoms with E-state index >= 15 is 0 Å². The summed E-state index contributed by atoms with van der Waals surface area (Å²) in [6.07, 6.45) is 1.59. The highest BCUT2D eigenvalue weighted by atomic mass is 32.1. The van der Waals surface area contributed by atoms with Gasteiger partial charge in [0.05, 0.1) is 11.2 Å². The molecule has 4 nitrogen and oxygen atoms in total. The largest absolute Gasteiger partial charge is 0.427 e. The Labute approximate surface area is 119 Å². The van der Waals surface area contributed by atoms with Crippen molar-refractivity contribution in [1.29, 1.82) is 0 Å². The van der Waals surface area contributed by atoms with E-state index in [0.29, 0.717) is 11.3 Å². The number of thiazole rings is 1. The number of carbonyl (C=O) groups excluding carboxylic acids is 2. The third-order valence-corrected chi connectivity index (χ3v) is 3.84. The lowest BCUT2D eigenvalue weighted by atomic mass is 10.0. The fraction of sp³-hybridized carbons (Fsp3) is 0.133. The van der Waals surface area contributed by atoms with Crippen LogP contribution in [0.15, 0.2) is 29.8 Å². The molecule has 1 heterocycles. The summed E-state index contributed by atoms with van der Waals surface area (Å²) in [6, 6.07) is 5.09. The van der Waals surface area contributed by atoms with Gasteiger partial charge in [0.15, 0.2) is 5.78 Å². The van der Waals surface area contributed by atoms with Crippen LogP contribution in [0.1, 0.15) is 33.4 Å². The molecule has 0 fully saturated rings. The normalized spacial score (nSPS) is 13.1. The monoisotopic (exact) mass is 285 g/mol. The van der Waals surface area contributed by atoms with Gasteiger partial charge in [0.2, 0.25) is 0 Å². The van der Waals surface area contributed by atoms with Gasteiger partial charge in [-0.2, -0.15) is 0 Å². The van der Waals surface area contributed by atoms with E-state index in [4.69, 9.17) is 4.74 Å². The number of ketones is 1. The molecule has 0 saturated carbocycles. The van der Waals surface area contributed by atoms with Gasteiger partial charge < -0.3 is 4.74 Å². The molecule has 3 rings (SSSR count). The zero-order valence-corrected chi connectivity index (χ0v) is 11.8. The van der Waals surface area contributed by atoms with Crippen LogP contribution in [0, 0.1) is 6.92 Å². The van der Waals surface area contributed by atoms with Gasteiger partial charge in [0.25, 0.3) is 0 Å². The molecule has 0 aliphatic heterocycles. The number of rotatable bonds is 2. The molecule has 0 unspecified atom stereocenters. The summed E-state index contributed by atoms with van der Waals surface area (Å²) in [6.45, 7) is 3.31. The number of fused-ring (bicyclic) bond motifs is 1. The molecular weight excluding hydrogens is 274 g/mol. The van der Waals surface area contributed by atoms with Crippen LogP contribution in [0.2, 0.25) is 0 Å². The molecule has 0 saturated heterocycles. The van der Waals surface area contributed by atoms with Crippen molar-refractivity contribution in [2.45, 2.75) is 13.8 Å². The maximum absolute atomic E-state index is 12.1. The molecule has 1 aromatic heterocycles. The third-order valence-electron chi connectivity index (χ3n) is 3.08. The molecule has 2 aromatic rings. The number of allylic oxidation sites excluding steroid dienone is 1. The first kappa shape index (κ1) is 12.7. The van der Waals surface area contributed by atoms with E-state index < -0.39 is 5.97 Å². The number of nitrogens with zero attached hydrogens (tertiary/aromatic N) is 1. The first-order chi connectivity index (χ1) is 9.56. The van der Waals surface area contributed by atoms with Crippen molar-refractivity contribution >= 4 is 28.7 Å². The summed E-state index contributed by atoms with van der Waals surface area (Å²) in [5.74, 6) is -0.107. The molecule has 1 aromatic carbocycles. The molecule has 0 atom stereocenters. The quantitative estimate of drug-likeness (QED) is 0.628. The van der Waals surface area contributed by atoms with Gasteiger partial charge in [-0.05, 0) is 36.8 Å². The van der Waals surface area contributed by atoms with Gasteiger partial charge in [-0.3, -0.25) is 9.59 Å². The van der Waals surface area contributed by atoms with Gasteiger partial charge in [-0.15, -0.1) is 11.3 Å². The number of aryl methyl sites for hydroxylation is 1. The third kappa shape index (κ3) is 2.06. The highest BCUT2D eigenvalue weighted by Crippen LogP contribution is 2.36.